The lowest BCUT2D eigenvalue weighted by Crippen LogP contribution is -2.04. The van der Waals surface area contributed by atoms with Gasteiger partial charge in [-0.25, -0.2) is 0 Å². The van der Waals surface area contributed by atoms with E-state index in [1.54, 1.807) is 30.6 Å². The molecule has 21 heavy (non-hydrogen) atoms. The van der Waals surface area contributed by atoms with E-state index in [4.69, 9.17) is 23.2 Å². The molecule has 3 aromatic rings. The molecule has 0 saturated heterocycles. The van der Waals surface area contributed by atoms with Crippen LogP contribution in [0, 0.1) is 0 Å². The van der Waals surface area contributed by atoms with Crippen molar-refractivity contribution < 1.29 is 5.11 Å². The van der Waals surface area contributed by atoms with Crippen molar-refractivity contribution in [3.05, 3.63) is 76.0 Å². The predicted molar refractivity (Wildman–Crippen MR) is 86.9 cm³/mol. The molecular formula is C17H13Cl2NO. The van der Waals surface area contributed by atoms with Gasteiger partial charge in [0.05, 0.1) is 6.10 Å². The Bertz CT molecular complexity index is 763. The van der Waals surface area contributed by atoms with Crippen LogP contribution in [-0.2, 0) is 6.42 Å². The maximum absolute atomic E-state index is 10.6. The summed E-state index contributed by atoms with van der Waals surface area (Å²) in [5, 5.41) is 13.7. The van der Waals surface area contributed by atoms with E-state index in [-0.39, 0.29) is 0 Å². The minimum atomic E-state index is -0.685. The molecule has 0 amide bonds. The number of aliphatic hydroxyl groups is 1. The second-order valence-electron chi connectivity index (χ2n) is 4.86. The van der Waals surface area contributed by atoms with Crippen molar-refractivity contribution in [1.82, 2.24) is 4.98 Å². The second-order valence-corrected chi connectivity index (χ2v) is 5.68. The van der Waals surface area contributed by atoms with Gasteiger partial charge in [0.25, 0.3) is 0 Å². The number of pyridine rings is 1. The standard InChI is InChI=1S/C17H13Cl2NO/c18-15-5-2-6-16(19)13(15)9-17(21)12-4-1-3-11-7-8-20-10-14(11)12/h1-8,10,17,21H,9H2. The van der Waals surface area contributed by atoms with Crippen LogP contribution in [0.1, 0.15) is 17.2 Å². The molecular weight excluding hydrogens is 305 g/mol. The zero-order valence-corrected chi connectivity index (χ0v) is 12.6. The Hall–Kier alpha value is -1.61. The van der Waals surface area contributed by atoms with Crippen LogP contribution in [0.4, 0.5) is 0 Å². The molecule has 0 aliphatic carbocycles. The van der Waals surface area contributed by atoms with E-state index in [1.165, 1.54) is 0 Å². The molecule has 1 unspecified atom stereocenters. The van der Waals surface area contributed by atoms with E-state index in [9.17, 15) is 5.11 Å². The van der Waals surface area contributed by atoms with E-state index in [0.717, 1.165) is 21.9 Å². The first-order valence-electron chi connectivity index (χ1n) is 6.60. The zero-order valence-electron chi connectivity index (χ0n) is 11.1. The highest BCUT2D eigenvalue weighted by Gasteiger charge is 2.15. The molecule has 0 radical (unpaired) electrons. The zero-order chi connectivity index (χ0) is 14.8. The van der Waals surface area contributed by atoms with Crippen molar-refractivity contribution in [1.29, 1.82) is 0 Å². The third-order valence-electron chi connectivity index (χ3n) is 3.54. The molecule has 0 spiro atoms. The van der Waals surface area contributed by atoms with Crippen molar-refractivity contribution in [2.24, 2.45) is 0 Å². The fourth-order valence-corrected chi connectivity index (χ4v) is 3.01. The molecule has 3 rings (SSSR count). The van der Waals surface area contributed by atoms with Gasteiger partial charge < -0.3 is 5.11 Å². The Morgan fingerprint density at radius 3 is 2.48 bits per heavy atom. The Morgan fingerprint density at radius 1 is 1.00 bits per heavy atom. The molecule has 0 fully saturated rings. The van der Waals surface area contributed by atoms with Gasteiger partial charge in [0.2, 0.25) is 0 Å². The maximum Gasteiger partial charge on any atom is 0.0838 e. The van der Waals surface area contributed by atoms with Crippen molar-refractivity contribution in [2.45, 2.75) is 12.5 Å². The van der Waals surface area contributed by atoms with Crippen LogP contribution in [0.2, 0.25) is 10.0 Å². The quantitative estimate of drug-likeness (QED) is 0.751. The third-order valence-corrected chi connectivity index (χ3v) is 4.24. The highest BCUT2D eigenvalue weighted by Crippen LogP contribution is 2.31. The average molecular weight is 318 g/mol. The minimum absolute atomic E-state index is 0.368. The fourth-order valence-electron chi connectivity index (χ4n) is 2.46. The molecule has 2 aromatic carbocycles. The SMILES string of the molecule is OC(Cc1c(Cl)cccc1Cl)c1cccc2ccncc12. The van der Waals surface area contributed by atoms with Crippen molar-refractivity contribution >= 4 is 34.0 Å². The number of aliphatic hydroxyl groups excluding tert-OH is 1. The van der Waals surface area contributed by atoms with Gasteiger partial charge in [-0.2, -0.15) is 0 Å². The first kappa shape index (κ1) is 14.3. The highest BCUT2D eigenvalue weighted by molar-refractivity contribution is 6.36. The minimum Gasteiger partial charge on any atom is -0.388 e. The molecule has 0 saturated carbocycles. The molecule has 1 aromatic heterocycles. The fraction of sp³-hybridized carbons (Fsp3) is 0.118. The van der Waals surface area contributed by atoms with E-state index in [1.807, 2.05) is 24.3 Å². The average Bonchev–Trinajstić information content (AvgIpc) is 2.50. The number of benzene rings is 2. The first-order valence-corrected chi connectivity index (χ1v) is 7.36. The highest BCUT2D eigenvalue weighted by atomic mass is 35.5. The normalized spacial score (nSPS) is 12.5. The van der Waals surface area contributed by atoms with Crippen molar-refractivity contribution in [2.75, 3.05) is 0 Å². The van der Waals surface area contributed by atoms with Gasteiger partial charge in [-0.3, -0.25) is 4.98 Å². The predicted octanol–water partition coefficient (Wildman–Crippen LogP) is 4.82. The molecule has 0 aliphatic rings. The molecule has 0 bridgehead atoms. The molecule has 2 nitrogen and oxygen atoms in total. The van der Waals surface area contributed by atoms with Crippen molar-refractivity contribution in [3.8, 4) is 0 Å². The molecule has 1 N–H and O–H groups in total. The number of aromatic nitrogens is 1. The smallest absolute Gasteiger partial charge is 0.0838 e. The van der Waals surface area contributed by atoms with Gasteiger partial charge in [0, 0.05) is 34.2 Å². The third kappa shape index (κ3) is 2.88. The van der Waals surface area contributed by atoms with Crippen LogP contribution in [-0.4, -0.2) is 10.1 Å². The van der Waals surface area contributed by atoms with Gasteiger partial charge >= 0.3 is 0 Å². The molecule has 1 heterocycles. The Kier molecular flexibility index (Phi) is 4.11. The number of rotatable bonds is 3. The topological polar surface area (TPSA) is 33.1 Å². The van der Waals surface area contributed by atoms with Gasteiger partial charge in [0.1, 0.15) is 0 Å². The molecule has 4 heteroatoms. The maximum atomic E-state index is 10.6. The van der Waals surface area contributed by atoms with Gasteiger partial charge in [-0.1, -0.05) is 47.5 Å². The largest absolute Gasteiger partial charge is 0.388 e. The van der Waals surface area contributed by atoms with Gasteiger partial charge in [-0.15, -0.1) is 0 Å². The summed E-state index contributed by atoms with van der Waals surface area (Å²) in [5.74, 6) is 0. The summed E-state index contributed by atoms with van der Waals surface area (Å²) >= 11 is 12.3. The summed E-state index contributed by atoms with van der Waals surface area (Å²) in [5.41, 5.74) is 1.59. The van der Waals surface area contributed by atoms with Crippen molar-refractivity contribution in [3.63, 3.8) is 0 Å². The summed E-state index contributed by atoms with van der Waals surface area (Å²) in [6.45, 7) is 0. The van der Waals surface area contributed by atoms with Gasteiger partial charge in [0.15, 0.2) is 0 Å². The molecule has 1 atom stereocenters. The summed E-state index contributed by atoms with van der Waals surface area (Å²) in [6, 6.07) is 13.1. The Morgan fingerprint density at radius 2 is 1.71 bits per heavy atom. The first-order chi connectivity index (χ1) is 10.2. The van der Waals surface area contributed by atoms with Crippen LogP contribution >= 0.6 is 23.2 Å². The number of fused-ring (bicyclic) bond motifs is 1. The van der Waals surface area contributed by atoms with Crippen LogP contribution in [0.5, 0.6) is 0 Å². The number of nitrogens with zero attached hydrogens (tertiary/aromatic N) is 1. The van der Waals surface area contributed by atoms with Crippen LogP contribution in [0.3, 0.4) is 0 Å². The molecule has 0 aliphatic heterocycles. The van der Waals surface area contributed by atoms with Crippen LogP contribution in [0.15, 0.2) is 54.9 Å². The van der Waals surface area contributed by atoms with Gasteiger partial charge in [-0.05, 0) is 34.7 Å². The van der Waals surface area contributed by atoms with E-state index in [2.05, 4.69) is 4.98 Å². The van der Waals surface area contributed by atoms with Crippen LogP contribution in [0.25, 0.3) is 10.8 Å². The van der Waals surface area contributed by atoms with E-state index < -0.39 is 6.10 Å². The molecule has 106 valence electrons. The second kappa shape index (κ2) is 6.02. The lowest BCUT2D eigenvalue weighted by atomic mass is 9.97. The lowest BCUT2D eigenvalue weighted by molar-refractivity contribution is 0.180. The summed E-state index contributed by atoms with van der Waals surface area (Å²) < 4.78 is 0. The van der Waals surface area contributed by atoms with E-state index in [0.29, 0.717) is 16.5 Å². The van der Waals surface area contributed by atoms with E-state index >= 15 is 0 Å². The Labute approximate surface area is 133 Å². The summed E-state index contributed by atoms with van der Waals surface area (Å²) in [7, 11) is 0. The lowest BCUT2D eigenvalue weighted by Gasteiger charge is -2.15. The number of hydrogen-bond donors (Lipinski definition) is 1. The number of halogens is 2. The Balaban J connectivity index is 2.00. The monoisotopic (exact) mass is 317 g/mol. The number of hydrogen-bond acceptors (Lipinski definition) is 2. The van der Waals surface area contributed by atoms with Crippen LogP contribution < -0.4 is 0 Å². The summed E-state index contributed by atoms with van der Waals surface area (Å²) in [4.78, 5) is 4.13. The summed E-state index contributed by atoms with van der Waals surface area (Å²) in [6.07, 6.45) is 3.19.